The largest absolute Gasteiger partial charge is 0.469 e. The molecule has 0 aliphatic heterocycles. The molecule has 4 nitrogen and oxygen atoms in total. The minimum Gasteiger partial charge on any atom is -0.469 e. The zero-order chi connectivity index (χ0) is 11.9. The number of carbonyl (C=O) groups is 2. The molecule has 15 heavy (non-hydrogen) atoms. The first kappa shape index (κ1) is 12.0. The van der Waals surface area contributed by atoms with Gasteiger partial charge in [0, 0.05) is 0 Å². The number of carbonyl (C=O) groups excluding carboxylic acids is 2. The molecule has 0 heterocycles. The van der Waals surface area contributed by atoms with Gasteiger partial charge in [-0.1, -0.05) is 20.8 Å². The maximum Gasteiger partial charge on any atom is 0.309 e. The summed E-state index contributed by atoms with van der Waals surface area (Å²) in [5, 5.41) is 0. The van der Waals surface area contributed by atoms with E-state index < -0.39 is 10.8 Å². The van der Waals surface area contributed by atoms with Gasteiger partial charge in [-0.3, -0.25) is 9.59 Å². The molecule has 1 rings (SSSR count). The van der Waals surface area contributed by atoms with Crippen LogP contribution < -0.4 is 5.73 Å². The molecular formula is C11H19NO3. The molecular weight excluding hydrogens is 194 g/mol. The lowest BCUT2D eigenvalue weighted by Crippen LogP contribution is -2.46. The maximum atomic E-state index is 11.6. The van der Waals surface area contributed by atoms with Crippen molar-refractivity contribution >= 4 is 11.9 Å². The van der Waals surface area contributed by atoms with Crippen LogP contribution in [0.25, 0.3) is 0 Å². The van der Waals surface area contributed by atoms with Crippen LogP contribution in [0.1, 0.15) is 33.6 Å². The van der Waals surface area contributed by atoms with E-state index in [4.69, 9.17) is 10.5 Å². The number of hydrogen-bond donors (Lipinski definition) is 1. The SMILES string of the molecule is COC(=O)C1CCC(C)(C(N)=O)C1(C)C. The fraction of sp³-hybridized carbons (Fsp3) is 0.818. The molecule has 0 aromatic heterocycles. The van der Waals surface area contributed by atoms with Crippen LogP contribution in [0, 0.1) is 16.7 Å². The Balaban J connectivity index is 3.04. The van der Waals surface area contributed by atoms with Crippen molar-refractivity contribution in [1.29, 1.82) is 0 Å². The van der Waals surface area contributed by atoms with E-state index in [0.29, 0.717) is 12.8 Å². The summed E-state index contributed by atoms with van der Waals surface area (Å²) in [6.45, 7) is 5.65. The average Bonchev–Trinajstić information content (AvgIpc) is 2.39. The van der Waals surface area contributed by atoms with Crippen LogP contribution in [0.2, 0.25) is 0 Å². The van der Waals surface area contributed by atoms with Gasteiger partial charge in [-0.05, 0) is 18.3 Å². The molecule has 0 bridgehead atoms. The predicted octanol–water partition coefficient (Wildman–Crippen LogP) is 1.09. The lowest BCUT2D eigenvalue weighted by molar-refractivity contribution is -0.151. The number of hydrogen-bond acceptors (Lipinski definition) is 3. The summed E-state index contributed by atoms with van der Waals surface area (Å²) < 4.78 is 4.75. The van der Waals surface area contributed by atoms with Gasteiger partial charge in [-0.2, -0.15) is 0 Å². The topological polar surface area (TPSA) is 69.4 Å². The van der Waals surface area contributed by atoms with E-state index in [2.05, 4.69) is 0 Å². The lowest BCUT2D eigenvalue weighted by Gasteiger charge is -2.38. The Bertz CT molecular complexity index is 298. The van der Waals surface area contributed by atoms with E-state index in [1.807, 2.05) is 20.8 Å². The van der Waals surface area contributed by atoms with Crippen LogP contribution in [0.4, 0.5) is 0 Å². The van der Waals surface area contributed by atoms with E-state index in [1.165, 1.54) is 7.11 Å². The molecule has 1 aliphatic carbocycles. The van der Waals surface area contributed by atoms with Crippen molar-refractivity contribution in [2.24, 2.45) is 22.5 Å². The molecule has 1 aliphatic rings. The molecule has 0 radical (unpaired) electrons. The Morgan fingerprint density at radius 2 is 1.87 bits per heavy atom. The molecule has 0 aromatic rings. The Hall–Kier alpha value is -1.06. The normalized spacial score (nSPS) is 33.7. The van der Waals surface area contributed by atoms with Crippen LogP contribution in [-0.2, 0) is 14.3 Å². The molecule has 86 valence electrons. The quantitative estimate of drug-likeness (QED) is 0.698. The Morgan fingerprint density at radius 1 is 1.33 bits per heavy atom. The van der Waals surface area contributed by atoms with E-state index in [-0.39, 0.29) is 17.8 Å². The van der Waals surface area contributed by atoms with Crippen LogP contribution in [0.3, 0.4) is 0 Å². The third-order valence-electron chi connectivity index (χ3n) is 4.26. The Kier molecular flexibility index (Phi) is 2.81. The predicted molar refractivity (Wildman–Crippen MR) is 55.8 cm³/mol. The van der Waals surface area contributed by atoms with Crippen molar-refractivity contribution < 1.29 is 14.3 Å². The fourth-order valence-corrected chi connectivity index (χ4v) is 2.50. The van der Waals surface area contributed by atoms with Gasteiger partial charge >= 0.3 is 5.97 Å². The van der Waals surface area contributed by atoms with E-state index in [1.54, 1.807) is 0 Å². The van der Waals surface area contributed by atoms with Crippen molar-refractivity contribution in [3.05, 3.63) is 0 Å². The van der Waals surface area contributed by atoms with Gasteiger partial charge in [0.2, 0.25) is 5.91 Å². The number of amides is 1. The molecule has 2 atom stereocenters. The number of ether oxygens (including phenoxy) is 1. The minimum absolute atomic E-state index is 0.236. The first-order chi connectivity index (χ1) is 6.77. The Labute approximate surface area is 90.2 Å². The summed E-state index contributed by atoms with van der Waals surface area (Å²) in [5.74, 6) is -0.816. The van der Waals surface area contributed by atoms with Crippen LogP contribution in [0.15, 0.2) is 0 Å². The first-order valence-electron chi connectivity index (χ1n) is 5.15. The summed E-state index contributed by atoms with van der Waals surface area (Å²) in [4.78, 5) is 23.0. The van der Waals surface area contributed by atoms with Crippen molar-refractivity contribution in [3.8, 4) is 0 Å². The molecule has 0 spiro atoms. The number of methoxy groups -OCH3 is 1. The average molecular weight is 213 g/mol. The van der Waals surface area contributed by atoms with Gasteiger partial charge < -0.3 is 10.5 Å². The summed E-state index contributed by atoms with van der Waals surface area (Å²) in [7, 11) is 1.37. The second kappa shape index (κ2) is 3.51. The summed E-state index contributed by atoms with van der Waals surface area (Å²) >= 11 is 0. The van der Waals surface area contributed by atoms with Gasteiger partial charge in [0.1, 0.15) is 0 Å². The molecule has 1 amide bonds. The monoisotopic (exact) mass is 213 g/mol. The first-order valence-corrected chi connectivity index (χ1v) is 5.15. The summed E-state index contributed by atoms with van der Waals surface area (Å²) in [6.07, 6.45) is 1.31. The standard InChI is InChI=1S/C11H19NO3/c1-10(2)7(8(13)15-4)5-6-11(10,3)9(12)14/h7H,5-6H2,1-4H3,(H2,12,14). The molecule has 0 saturated heterocycles. The number of nitrogens with two attached hydrogens (primary N) is 1. The highest BCUT2D eigenvalue weighted by molar-refractivity contribution is 5.84. The van der Waals surface area contributed by atoms with E-state index in [9.17, 15) is 9.59 Å². The zero-order valence-electron chi connectivity index (χ0n) is 9.79. The van der Waals surface area contributed by atoms with Crippen molar-refractivity contribution in [2.45, 2.75) is 33.6 Å². The molecule has 2 unspecified atom stereocenters. The van der Waals surface area contributed by atoms with Gasteiger partial charge in [0.05, 0.1) is 18.4 Å². The number of rotatable bonds is 2. The highest BCUT2D eigenvalue weighted by Crippen LogP contribution is 2.55. The van der Waals surface area contributed by atoms with Crippen LogP contribution in [-0.4, -0.2) is 19.0 Å². The van der Waals surface area contributed by atoms with Crippen molar-refractivity contribution in [3.63, 3.8) is 0 Å². The number of esters is 1. The molecule has 2 N–H and O–H groups in total. The zero-order valence-corrected chi connectivity index (χ0v) is 9.79. The highest BCUT2D eigenvalue weighted by Gasteiger charge is 2.57. The second-order valence-corrected chi connectivity index (χ2v) is 5.03. The highest BCUT2D eigenvalue weighted by atomic mass is 16.5. The van der Waals surface area contributed by atoms with Gasteiger partial charge in [-0.25, -0.2) is 0 Å². The van der Waals surface area contributed by atoms with Gasteiger partial charge in [-0.15, -0.1) is 0 Å². The number of primary amides is 1. The lowest BCUT2D eigenvalue weighted by atomic mass is 9.65. The van der Waals surface area contributed by atoms with Crippen LogP contribution >= 0.6 is 0 Å². The molecule has 1 saturated carbocycles. The smallest absolute Gasteiger partial charge is 0.309 e. The van der Waals surface area contributed by atoms with Gasteiger partial charge in [0.15, 0.2) is 0 Å². The summed E-state index contributed by atoms with van der Waals surface area (Å²) in [5.41, 5.74) is 4.36. The van der Waals surface area contributed by atoms with E-state index >= 15 is 0 Å². The van der Waals surface area contributed by atoms with Gasteiger partial charge in [0.25, 0.3) is 0 Å². The van der Waals surface area contributed by atoms with Crippen molar-refractivity contribution in [1.82, 2.24) is 0 Å². The minimum atomic E-state index is -0.619. The van der Waals surface area contributed by atoms with E-state index in [0.717, 1.165) is 0 Å². The fourth-order valence-electron chi connectivity index (χ4n) is 2.50. The Morgan fingerprint density at radius 3 is 2.20 bits per heavy atom. The third-order valence-corrected chi connectivity index (χ3v) is 4.26. The second-order valence-electron chi connectivity index (χ2n) is 5.03. The molecule has 4 heteroatoms. The molecule has 1 fully saturated rings. The van der Waals surface area contributed by atoms with Crippen LogP contribution in [0.5, 0.6) is 0 Å². The summed E-state index contributed by atoms with van der Waals surface area (Å²) in [6, 6.07) is 0. The maximum absolute atomic E-state index is 11.6. The molecule has 0 aromatic carbocycles. The third kappa shape index (κ3) is 1.52. The van der Waals surface area contributed by atoms with Crippen molar-refractivity contribution in [2.75, 3.05) is 7.11 Å².